The lowest BCUT2D eigenvalue weighted by atomic mass is 10.1. The second-order valence-corrected chi connectivity index (χ2v) is 7.21. The summed E-state index contributed by atoms with van der Waals surface area (Å²) >= 11 is 3.39. The maximum absolute atomic E-state index is 11.8. The van der Waals surface area contributed by atoms with Crippen LogP contribution in [0.5, 0.6) is 5.75 Å². The van der Waals surface area contributed by atoms with Crippen molar-refractivity contribution in [1.82, 2.24) is 10.2 Å². The van der Waals surface area contributed by atoms with Gasteiger partial charge in [-0.05, 0) is 48.4 Å². The molecule has 0 aliphatic rings. The third-order valence-corrected chi connectivity index (χ3v) is 4.77. The molecule has 0 aliphatic heterocycles. The van der Waals surface area contributed by atoms with Crippen LogP contribution in [-0.4, -0.2) is 10.2 Å². The number of benzene rings is 2. The number of halogens is 1. The molecule has 6 nitrogen and oxygen atoms in total. The molecule has 0 radical (unpaired) electrons. The molecule has 0 aliphatic carbocycles. The summed E-state index contributed by atoms with van der Waals surface area (Å²) in [7, 11) is 0. The van der Waals surface area contributed by atoms with Crippen molar-refractivity contribution in [2.45, 2.75) is 26.4 Å². The van der Waals surface area contributed by atoms with Crippen LogP contribution in [0.15, 0.2) is 66.6 Å². The van der Waals surface area contributed by atoms with Gasteiger partial charge in [0.05, 0.1) is 0 Å². The fraction of sp³-hybridized carbons (Fsp3) is 0.190. The lowest BCUT2D eigenvalue weighted by Crippen LogP contribution is -2.01. The van der Waals surface area contributed by atoms with Gasteiger partial charge in [0, 0.05) is 27.6 Å². The number of hydrogen-bond donors (Lipinski definition) is 0. The number of aryl methyl sites for hydroxylation is 1. The SMILES string of the molecule is CCCc1cc(=O)oc2cc(OCc3nnc(-c4ccc(Br)cc4)o3)ccc12. The van der Waals surface area contributed by atoms with Crippen molar-refractivity contribution in [3.8, 4) is 17.2 Å². The molecule has 7 heteroatoms. The van der Waals surface area contributed by atoms with Crippen LogP contribution < -0.4 is 10.4 Å². The van der Waals surface area contributed by atoms with Gasteiger partial charge in [0.2, 0.25) is 5.89 Å². The fourth-order valence-electron chi connectivity index (χ4n) is 2.94. The maximum Gasteiger partial charge on any atom is 0.336 e. The Labute approximate surface area is 169 Å². The number of nitrogens with zero attached hydrogens (tertiary/aromatic N) is 2. The summed E-state index contributed by atoms with van der Waals surface area (Å²) in [5, 5.41) is 8.99. The zero-order valence-corrected chi connectivity index (χ0v) is 16.7. The van der Waals surface area contributed by atoms with Gasteiger partial charge in [0.15, 0.2) is 6.61 Å². The molecule has 0 bridgehead atoms. The predicted octanol–water partition coefficient (Wildman–Crippen LogP) is 5.14. The maximum atomic E-state index is 11.8. The van der Waals surface area contributed by atoms with Crippen LogP contribution in [0.1, 0.15) is 24.8 Å². The van der Waals surface area contributed by atoms with E-state index in [0.717, 1.165) is 33.8 Å². The van der Waals surface area contributed by atoms with Gasteiger partial charge in [0.25, 0.3) is 5.89 Å². The average Bonchev–Trinajstić information content (AvgIpc) is 3.16. The number of aromatic nitrogens is 2. The Balaban J connectivity index is 1.51. The summed E-state index contributed by atoms with van der Waals surface area (Å²) in [4.78, 5) is 11.8. The number of fused-ring (bicyclic) bond motifs is 1. The van der Waals surface area contributed by atoms with E-state index in [1.165, 1.54) is 0 Å². The molecule has 0 amide bonds. The fourth-order valence-corrected chi connectivity index (χ4v) is 3.21. The summed E-state index contributed by atoms with van der Waals surface area (Å²) in [6.07, 6.45) is 1.78. The Morgan fingerprint density at radius 3 is 2.64 bits per heavy atom. The summed E-state index contributed by atoms with van der Waals surface area (Å²) in [6.45, 7) is 2.19. The highest BCUT2D eigenvalue weighted by atomic mass is 79.9. The van der Waals surface area contributed by atoms with Gasteiger partial charge in [-0.2, -0.15) is 0 Å². The highest BCUT2D eigenvalue weighted by Gasteiger charge is 2.11. The molecule has 0 unspecified atom stereocenters. The van der Waals surface area contributed by atoms with Crippen molar-refractivity contribution in [1.29, 1.82) is 0 Å². The van der Waals surface area contributed by atoms with E-state index >= 15 is 0 Å². The van der Waals surface area contributed by atoms with Crippen LogP contribution in [0.3, 0.4) is 0 Å². The molecule has 142 valence electrons. The Hall–Kier alpha value is -2.93. The van der Waals surface area contributed by atoms with Gasteiger partial charge in [-0.15, -0.1) is 10.2 Å². The first-order valence-corrected chi connectivity index (χ1v) is 9.69. The molecular formula is C21H17BrN2O4. The molecule has 28 heavy (non-hydrogen) atoms. The minimum Gasteiger partial charge on any atom is -0.484 e. The highest BCUT2D eigenvalue weighted by molar-refractivity contribution is 9.10. The second kappa shape index (κ2) is 7.98. The molecule has 0 N–H and O–H groups in total. The minimum atomic E-state index is -0.357. The quantitative estimate of drug-likeness (QED) is 0.386. The van der Waals surface area contributed by atoms with E-state index in [1.807, 2.05) is 36.4 Å². The molecule has 2 aromatic heterocycles. The number of hydrogen-bond acceptors (Lipinski definition) is 6. The lowest BCUT2D eigenvalue weighted by Gasteiger charge is -2.07. The summed E-state index contributed by atoms with van der Waals surface area (Å²) in [5.41, 5.74) is 1.97. The van der Waals surface area contributed by atoms with Gasteiger partial charge in [0.1, 0.15) is 11.3 Å². The van der Waals surface area contributed by atoms with E-state index in [0.29, 0.717) is 23.1 Å². The molecule has 2 heterocycles. The molecule has 2 aromatic carbocycles. The van der Waals surface area contributed by atoms with Crippen LogP contribution >= 0.6 is 15.9 Å². The summed E-state index contributed by atoms with van der Waals surface area (Å²) in [6, 6.07) is 14.6. The van der Waals surface area contributed by atoms with Crippen LogP contribution in [0.25, 0.3) is 22.4 Å². The zero-order valence-electron chi connectivity index (χ0n) is 15.1. The topological polar surface area (TPSA) is 78.4 Å². The zero-order chi connectivity index (χ0) is 19.5. The minimum absolute atomic E-state index is 0.119. The number of rotatable bonds is 6. The smallest absolute Gasteiger partial charge is 0.336 e. The van der Waals surface area contributed by atoms with Crippen molar-refractivity contribution in [3.63, 3.8) is 0 Å². The number of ether oxygens (including phenoxy) is 1. The normalized spacial score (nSPS) is 11.1. The molecule has 0 fully saturated rings. The highest BCUT2D eigenvalue weighted by Crippen LogP contribution is 2.25. The molecule has 4 aromatic rings. The van der Waals surface area contributed by atoms with E-state index in [2.05, 4.69) is 33.1 Å². The molecule has 0 spiro atoms. The van der Waals surface area contributed by atoms with E-state index in [1.54, 1.807) is 12.1 Å². The van der Waals surface area contributed by atoms with Crippen molar-refractivity contribution in [3.05, 3.63) is 74.9 Å². The van der Waals surface area contributed by atoms with Crippen LogP contribution in [0.2, 0.25) is 0 Å². The third-order valence-electron chi connectivity index (χ3n) is 4.24. The molecule has 0 saturated carbocycles. The van der Waals surface area contributed by atoms with E-state index < -0.39 is 0 Å². The molecular weight excluding hydrogens is 424 g/mol. The average molecular weight is 441 g/mol. The summed E-state index contributed by atoms with van der Waals surface area (Å²) < 4.78 is 17.7. The van der Waals surface area contributed by atoms with E-state index in [-0.39, 0.29) is 12.2 Å². The third kappa shape index (κ3) is 3.99. The molecule has 0 saturated heterocycles. The van der Waals surface area contributed by atoms with E-state index in [4.69, 9.17) is 13.6 Å². The first-order chi connectivity index (χ1) is 13.6. The summed E-state index contributed by atoms with van der Waals surface area (Å²) in [5.74, 6) is 1.35. The Morgan fingerprint density at radius 2 is 1.86 bits per heavy atom. The first-order valence-electron chi connectivity index (χ1n) is 8.90. The van der Waals surface area contributed by atoms with Crippen LogP contribution in [-0.2, 0) is 13.0 Å². The Morgan fingerprint density at radius 1 is 1.04 bits per heavy atom. The van der Waals surface area contributed by atoms with Crippen LogP contribution in [0, 0.1) is 0 Å². The Bertz CT molecular complexity index is 1170. The standard InChI is InChI=1S/C21H17BrN2O4/c1-2-3-14-10-20(25)27-18-11-16(8-9-17(14)18)26-12-19-23-24-21(28-19)13-4-6-15(22)7-5-13/h4-11H,2-3,12H2,1H3. The van der Waals surface area contributed by atoms with Crippen LogP contribution in [0.4, 0.5) is 0 Å². The van der Waals surface area contributed by atoms with Crippen molar-refractivity contribution < 1.29 is 13.6 Å². The van der Waals surface area contributed by atoms with Gasteiger partial charge >= 0.3 is 5.63 Å². The lowest BCUT2D eigenvalue weighted by molar-refractivity contribution is 0.264. The molecule has 4 rings (SSSR count). The monoisotopic (exact) mass is 440 g/mol. The van der Waals surface area contributed by atoms with Gasteiger partial charge < -0.3 is 13.6 Å². The van der Waals surface area contributed by atoms with Crippen molar-refractivity contribution >= 4 is 26.9 Å². The molecule has 0 atom stereocenters. The van der Waals surface area contributed by atoms with Gasteiger partial charge in [-0.3, -0.25) is 0 Å². The van der Waals surface area contributed by atoms with Gasteiger partial charge in [-0.25, -0.2) is 4.79 Å². The first kappa shape index (κ1) is 18.4. The van der Waals surface area contributed by atoms with E-state index in [9.17, 15) is 4.79 Å². The van der Waals surface area contributed by atoms with Crippen molar-refractivity contribution in [2.75, 3.05) is 0 Å². The predicted molar refractivity (Wildman–Crippen MR) is 108 cm³/mol. The van der Waals surface area contributed by atoms with Crippen molar-refractivity contribution in [2.24, 2.45) is 0 Å². The van der Waals surface area contributed by atoms with Gasteiger partial charge in [-0.1, -0.05) is 29.3 Å². The largest absolute Gasteiger partial charge is 0.484 e. The second-order valence-electron chi connectivity index (χ2n) is 6.30. The Kier molecular flexibility index (Phi) is 5.25.